The van der Waals surface area contributed by atoms with Crippen LogP contribution in [0.3, 0.4) is 0 Å². The standard InChI is InChI=1S/C29H38Cl2N2O5S/c1-7-32(6)39(37,38)18-24(28(2,3)4)33-26(19-11-13-21(30)14-12-19)23(20-9-8-10-22(31)15-20)16-29(5,27(33)36)17-25(34)35/h8-15,23-24,26H,7,16-18H2,1-6H3,(H,34,35)/t23-,24-,26-,29-/m1/s1. The number of nitrogens with zero attached hydrogens (tertiary/aromatic N) is 2. The molecule has 1 aliphatic rings. The summed E-state index contributed by atoms with van der Waals surface area (Å²) in [6.45, 7) is 9.42. The van der Waals surface area contributed by atoms with Crippen molar-refractivity contribution in [3.8, 4) is 0 Å². The second kappa shape index (κ2) is 11.8. The van der Waals surface area contributed by atoms with Gasteiger partial charge in [-0.05, 0) is 47.2 Å². The summed E-state index contributed by atoms with van der Waals surface area (Å²) in [5, 5.41) is 10.9. The fourth-order valence-corrected chi connectivity index (χ4v) is 7.53. The van der Waals surface area contributed by atoms with Gasteiger partial charge in [0.1, 0.15) is 0 Å². The van der Waals surface area contributed by atoms with E-state index in [1.165, 1.54) is 11.4 Å². The van der Waals surface area contributed by atoms with Crippen molar-refractivity contribution in [2.75, 3.05) is 19.3 Å². The van der Waals surface area contributed by atoms with E-state index >= 15 is 0 Å². The Labute approximate surface area is 242 Å². The summed E-state index contributed by atoms with van der Waals surface area (Å²) in [7, 11) is -2.23. The van der Waals surface area contributed by atoms with E-state index in [4.69, 9.17) is 23.2 Å². The molecule has 0 bridgehead atoms. The van der Waals surface area contributed by atoms with Gasteiger partial charge in [0.05, 0.1) is 29.7 Å². The molecule has 0 radical (unpaired) electrons. The van der Waals surface area contributed by atoms with Gasteiger partial charge < -0.3 is 10.0 Å². The van der Waals surface area contributed by atoms with Crippen LogP contribution in [0.4, 0.5) is 0 Å². The SMILES string of the molecule is CCN(C)S(=O)(=O)C[C@@H](N1C(=O)[C@@](C)(CC(=O)O)C[C@H](c2cccc(Cl)c2)[C@H]1c1ccc(Cl)cc1)C(C)(C)C. The molecule has 7 nitrogen and oxygen atoms in total. The predicted octanol–water partition coefficient (Wildman–Crippen LogP) is 6.23. The van der Waals surface area contributed by atoms with Crippen molar-refractivity contribution >= 4 is 45.1 Å². The summed E-state index contributed by atoms with van der Waals surface area (Å²) in [4.78, 5) is 28.2. The first-order valence-corrected chi connectivity index (χ1v) is 15.4. The first-order chi connectivity index (χ1) is 18.0. The Bertz CT molecular complexity index is 1310. The van der Waals surface area contributed by atoms with Crippen LogP contribution in [0.2, 0.25) is 10.0 Å². The zero-order chi connectivity index (χ0) is 29.3. The smallest absolute Gasteiger partial charge is 0.304 e. The minimum atomic E-state index is -3.75. The third-order valence-electron chi connectivity index (χ3n) is 7.76. The Morgan fingerprint density at radius 2 is 1.74 bits per heavy atom. The number of benzene rings is 2. The molecule has 1 aliphatic heterocycles. The number of carboxylic acids is 1. The number of sulfonamides is 1. The number of carboxylic acid groups (broad SMARTS) is 1. The molecule has 1 saturated heterocycles. The van der Waals surface area contributed by atoms with Gasteiger partial charge in [-0.1, -0.05) is 82.1 Å². The lowest BCUT2D eigenvalue weighted by atomic mass is 9.66. The van der Waals surface area contributed by atoms with Crippen molar-refractivity contribution in [2.45, 2.75) is 65.5 Å². The number of rotatable bonds is 9. The molecule has 0 spiro atoms. The third-order valence-corrected chi connectivity index (χ3v) is 10.2. The summed E-state index contributed by atoms with van der Waals surface area (Å²) in [5.74, 6) is -2.13. The lowest BCUT2D eigenvalue weighted by Gasteiger charge is -2.54. The van der Waals surface area contributed by atoms with Crippen LogP contribution in [0.1, 0.15) is 70.5 Å². The number of piperidine rings is 1. The summed E-state index contributed by atoms with van der Waals surface area (Å²) >= 11 is 12.6. The molecule has 4 atom stereocenters. The van der Waals surface area contributed by atoms with Gasteiger partial charge in [0.25, 0.3) is 0 Å². The number of amides is 1. The fourth-order valence-electron chi connectivity index (χ4n) is 5.49. The van der Waals surface area contributed by atoms with E-state index in [0.717, 1.165) is 11.1 Å². The Balaban J connectivity index is 2.34. The minimum Gasteiger partial charge on any atom is -0.481 e. The van der Waals surface area contributed by atoms with Crippen molar-refractivity contribution in [1.29, 1.82) is 0 Å². The molecule has 1 N–H and O–H groups in total. The Kier molecular flexibility index (Phi) is 9.48. The highest BCUT2D eigenvalue weighted by Crippen LogP contribution is 2.53. The molecule has 10 heteroatoms. The highest BCUT2D eigenvalue weighted by Gasteiger charge is 2.54. The molecule has 39 heavy (non-hydrogen) atoms. The van der Waals surface area contributed by atoms with Crippen molar-refractivity contribution in [2.24, 2.45) is 10.8 Å². The molecule has 1 fully saturated rings. The summed E-state index contributed by atoms with van der Waals surface area (Å²) in [6, 6.07) is 13.2. The highest BCUT2D eigenvalue weighted by molar-refractivity contribution is 7.89. The average molecular weight is 598 g/mol. The third kappa shape index (κ3) is 6.96. The number of halogens is 2. The van der Waals surface area contributed by atoms with Gasteiger partial charge in [-0.2, -0.15) is 0 Å². The molecule has 0 unspecified atom stereocenters. The van der Waals surface area contributed by atoms with Crippen LogP contribution >= 0.6 is 23.2 Å². The number of hydrogen-bond donors (Lipinski definition) is 1. The maximum absolute atomic E-state index is 14.5. The van der Waals surface area contributed by atoms with Gasteiger partial charge in [0.15, 0.2) is 0 Å². The molecule has 2 aromatic rings. The summed E-state index contributed by atoms with van der Waals surface area (Å²) < 4.78 is 28.2. The molecule has 0 aliphatic carbocycles. The zero-order valence-electron chi connectivity index (χ0n) is 23.3. The van der Waals surface area contributed by atoms with Crippen LogP contribution in [0.15, 0.2) is 48.5 Å². The lowest BCUT2D eigenvalue weighted by molar-refractivity contribution is -0.162. The van der Waals surface area contributed by atoms with Crippen molar-refractivity contribution in [1.82, 2.24) is 9.21 Å². The first kappa shape index (κ1) is 31.4. The second-order valence-electron chi connectivity index (χ2n) is 11.8. The van der Waals surface area contributed by atoms with E-state index in [2.05, 4.69) is 0 Å². The molecule has 2 aromatic carbocycles. The van der Waals surface area contributed by atoms with Gasteiger partial charge in [0.2, 0.25) is 15.9 Å². The largest absolute Gasteiger partial charge is 0.481 e. The van der Waals surface area contributed by atoms with Gasteiger partial charge in [-0.25, -0.2) is 12.7 Å². The van der Waals surface area contributed by atoms with Gasteiger partial charge >= 0.3 is 5.97 Å². The maximum Gasteiger partial charge on any atom is 0.304 e. The zero-order valence-corrected chi connectivity index (χ0v) is 25.6. The molecular formula is C29H38Cl2N2O5S. The lowest BCUT2D eigenvalue weighted by Crippen LogP contribution is -2.61. The van der Waals surface area contributed by atoms with E-state index in [1.807, 2.05) is 51.1 Å². The monoisotopic (exact) mass is 596 g/mol. The number of hydrogen-bond acceptors (Lipinski definition) is 4. The topological polar surface area (TPSA) is 95.0 Å². The number of carbonyl (C=O) groups is 2. The molecule has 0 saturated carbocycles. The number of carbonyl (C=O) groups excluding carboxylic acids is 1. The molecule has 1 heterocycles. The molecule has 1 amide bonds. The molecule has 0 aromatic heterocycles. The minimum absolute atomic E-state index is 0.251. The Hall–Kier alpha value is -2.13. The van der Waals surface area contributed by atoms with Gasteiger partial charge in [-0.15, -0.1) is 0 Å². The Morgan fingerprint density at radius 3 is 2.26 bits per heavy atom. The summed E-state index contributed by atoms with van der Waals surface area (Å²) in [5.41, 5.74) is -0.308. The van der Waals surface area contributed by atoms with Crippen molar-refractivity contribution < 1.29 is 23.1 Å². The van der Waals surface area contributed by atoms with Crippen LogP contribution in [-0.4, -0.2) is 60.0 Å². The normalized spacial score (nSPS) is 23.2. The average Bonchev–Trinajstić information content (AvgIpc) is 2.83. The Morgan fingerprint density at radius 1 is 1.13 bits per heavy atom. The van der Waals surface area contributed by atoms with Crippen LogP contribution in [0.5, 0.6) is 0 Å². The second-order valence-corrected chi connectivity index (χ2v) is 14.8. The molecule has 3 rings (SSSR count). The number of aliphatic carboxylic acids is 1. The van der Waals surface area contributed by atoms with Crippen LogP contribution < -0.4 is 0 Å². The quantitative estimate of drug-likeness (QED) is 0.370. The van der Waals surface area contributed by atoms with Gasteiger partial charge in [0, 0.05) is 29.6 Å². The van der Waals surface area contributed by atoms with E-state index in [-0.39, 0.29) is 37.0 Å². The van der Waals surface area contributed by atoms with Crippen LogP contribution in [0, 0.1) is 10.8 Å². The van der Waals surface area contributed by atoms with E-state index in [0.29, 0.717) is 10.0 Å². The first-order valence-electron chi connectivity index (χ1n) is 13.0. The molecular weight excluding hydrogens is 559 g/mol. The van der Waals surface area contributed by atoms with E-state index in [1.54, 1.807) is 36.9 Å². The van der Waals surface area contributed by atoms with E-state index < -0.39 is 38.9 Å². The fraction of sp³-hybridized carbons (Fsp3) is 0.517. The predicted molar refractivity (Wildman–Crippen MR) is 156 cm³/mol. The van der Waals surface area contributed by atoms with E-state index in [9.17, 15) is 23.1 Å². The maximum atomic E-state index is 14.5. The highest BCUT2D eigenvalue weighted by atomic mass is 35.5. The van der Waals surface area contributed by atoms with Gasteiger partial charge in [-0.3, -0.25) is 9.59 Å². The van der Waals surface area contributed by atoms with Crippen molar-refractivity contribution in [3.05, 3.63) is 69.7 Å². The van der Waals surface area contributed by atoms with Crippen LogP contribution in [0.25, 0.3) is 0 Å². The summed E-state index contributed by atoms with van der Waals surface area (Å²) in [6.07, 6.45) is -0.133. The van der Waals surface area contributed by atoms with Crippen LogP contribution in [-0.2, 0) is 19.6 Å². The molecule has 214 valence electrons. The number of likely N-dealkylation sites (tertiary alicyclic amines) is 1. The van der Waals surface area contributed by atoms with Crippen molar-refractivity contribution in [3.63, 3.8) is 0 Å².